The molecule has 0 atom stereocenters. The highest BCUT2D eigenvalue weighted by Gasteiger charge is 2.14. The number of Topliss-reactive ketones (excluding diaryl/α,β-unsaturated/α-hetero) is 1. The first-order valence-corrected chi connectivity index (χ1v) is 7.40. The molecule has 21 heavy (non-hydrogen) atoms. The van der Waals surface area contributed by atoms with Crippen LogP contribution in [0.3, 0.4) is 0 Å². The first-order valence-electron chi connectivity index (χ1n) is 6.42. The molecule has 7 heteroatoms. The monoisotopic (exact) mass is 307 g/mol. The molecular weight excluding hydrogens is 290 g/mol. The van der Waals surface area contributed by atoms with E-state index >= 15 is 0 Å². The van der Waals surface area contributed by atoms with Crippen LogP contribution in [-0.2, 0) is 11.3 Å². The molecule has 6 nitrogen and oxygen atoms in total. The van der Waals surface area contributed by atoms with Gasteiger partial charge in [0.25, 0.3) is 0 Å². The molecular formula is C14H17N3O3S. The van der Waals surface area contributed by atoms with Gasteiger partial charge in [-0.1, -0.05) is 23.9 Å². The van der Waals surface area contributed by atoms with Crippen molar-refractivity contribution in [1.29, 1.82) is 0 Å². The second-order valence-electron chi connectivity index (χ2n) is 4.21. The Kier molecular flexibility index (Phi) is 5.77. The lowest BCUT2D eigenvalue weighted by molar-refractivity contribution is 0.101. The summed E-state index contributed by atoms with van der Waals surface area (Å²) in [5, 5.41) is 8.58. The number of ether oxygens (including phenoxy) is 2. The number of nitrogens with zero attached hydrogens (tertiary/aromatic N) is 3. The molecule has 0 radical (unpaired) electrons. The van der Waals surface area contributed by atoms with Crippen LogP contribution in [0.15, 0.2) is 35.7 Å². The average molecular weight is 307 g/mol. The van der Waals surface area contributed by atoms with Gasteiger partial charge in [0.1, 0.15) is 12.1 Å². The molecule has 0 fully saturated rings. The predicted octanol–water partition coefficient (Wildman–Crippen LogP) is 1.91. The van der Waals surface area contributed by atoms with Crippen molar-refractivity contribution in [1.82, 2.24) is 14.8 Å². The molecule has 0 amide bonds. The molecule has 2 rings (SSSR count). The van der Waals surface area contributed by atoms with Gasteiger partial charge in [0.2, 0.25) is 0 Å². The van der Waals surface area contributed by atoms with Crippen molar-refractivity contribution in [3.05, 3.63) is 36.2 Å². The number of aromatic nitrogens is 3. The van der Waals surface area contributed by atoms with E-state index in [1.807, 2.05) is 16.7 Å². The molecule has 0 saturated carbocycles. The molecule has 0 bridgehead atoms. The van der Waals surface area contributed by atoms with Crippen molar-refractivity contribution in [2.24, 2.45) is 0 Å². The van der Waals surface area contributed by atoms with Crippen LogP contribution < -0.4 is 4.74 Å². The Morgan fingerprint density at radius 3 is 2.90 bits per heavy atom. The van der Waals surface area contributed by atoms with Gasteiger partial charge in [0.15, 0.2) is 10.9 Å². The minimum Gasteiger partial charge on any atom is -0.496 e. The third kappa shape index (κ3) is 4.05. The fourth-order valence-corrected chi connectivity index (χ4v) is 2.61. The standard InChI is InChI=1S/C14H17N3O3S/c1-19-8-7-17-10-15-16-14(17)21-9-12(18)11-5-3-4-6-13(11)20-2/h3-6,10H,7-9H2,1-2H3. The summed E-state index contributed by atoms with van der Waals surface area (Å²) in [4.78, 5) is 12.3. The van der Waals surface area contributed by atoms with E-state index in [2.05, 4.69) is 10.2 Å². The quantitative estimate of drug-likeness (QED) is 0.548. The van der Waals surface area contributed by atoms with Crippen LogP contribution in [0.2, 0.25) is 0 Å². The number of ketones is 1. The lowest BCUT2D eigenvalue weighted by Crippen LogP contribution is -2.08. The lowest BCUT2D eigenvalue weighted by Gasteiger charge is -2.07. The smallest absolute Gasteiger partial charge is 0.191 e. The third-order valence-electron chi connectivity index (χ3n) is 2.86. The fourth-order valence-electron chi connectivity index (χ4n) is 1.78. The minimum absolute atomic E-state index is 0.00117. The summed E-state index contributed by atoms with van der Waals surface area (Å²) in [5.74, 6) is 0.870. The number of carbonyl (C=O) groups is 1. The summed E-state index contributed by atoms with van der Waals surface area (Å²) in [6, 6.07) is 7.20. The van der Waals surface area contributed by atoms with E-state index in [9.17, 15) is 4.79 Å². The van der Waals surface area contributed by atoms with Crippen LogP contribution in [0.5, 0.6) is 5.75 Å². The molecule has 1 aromatic carbocycles. The van der Waals surface area contributed by atoms with Crippen LogP contribution in [-0.4, -0.2) is 47.1 Å². The number of benzene rings is 1. The molecule has 0 spiro atoms. The van der Waals surface area contributed by atoms with Crippen LogP contribution >= 0.6 is 11.8 Å². The van der Waals surface area contributed by atoms with Crippen LogP contribution in [0.25, 0.3) is 0 Å². The van der Waals surface area contributed by atoms with Crippen molar-refractivity contribution in [3.8, 4) is 5.75 Å². The number of carbonyl (C=O) groups excluding carboxylic acids is 1. The van der Waals surface area contributed by atoms with E-state index in [-0.39, 0.29) is 11.5 Å². The van der Waals surface area contributed by atoms with E-state index in [0.29, 0.717) is 29.6 Å². The van der Waals surface area contributed by atoms with Gasteiger partial charge < -0.3 is 14.0 Å². The molecule has 0 aliphatic heterocycles. The van der Waals surface area contributed by atoms with Gasteiger partial charge in [-0.25, -0.2) is 0 Å². The molecule has 0 aliphatic rings. The fraction of sp³-hybridized carbons (Fsp3) is 0.357. The number of para-hydroxylation sites is 1. The normalized spacial score (nSPS) is 10.6. The van der Waals surface area contributed by atoms with E-state index in [4.69, 9.17) is 9.47 Å². The Balaban J connectivity index is 1.99. The van der Waals surface area contributed by atoms with Crippen molar-refractivity contribution in [3.63, 3.8) is 0 Å². The molecule has 0 unspecified atom stereocenters. The van der Waals surface area contributed by atoms with Crippen molar-refractivity contribution >= 4 is 17.5 Å². The molecule has 2 aromatic rings. The summed E-state index contributed by atoms with van der Waals surface area (Å²) < 4.78 is 12.1. The maximum absolute atomic E-state index is 12.3. The van der Waals surface area contributed by atoms with Crippen LogP contribution in [0, 0.1) is 0 Å². The Hall–Kier alpha value is -1.86. The number of methoxy groups -OCH3 is 2. The molecule has 112 valence electrons. The zero-order valence-electron chi connectivity index (χ0n) is 12.0. The van der Waals surface area contributed by atoms with Crippen molar-refractivity contribution in [2.45, 2.75) is 11.7 Å². The van der Waals surface area contributed by atoms with Gasteiger partial charge in [-0.3, -0.25) is 4.79 Å². The lowest BCUT2D eigenvalue weighted by atomic mass is 10.1. The maximum atomic E-state index is 12.3. The second-order valence-corrected chi connectivity index (χ2v) is 5.15. The van der Waals surface area contributed by atoms with E-state index in [0.717, 1.165) is 0 Å². The first kappa shape index (κ1) is 15.5. The zero-order chi connectivity index (χ0) is 15.1. The Bertz CT molecular complexity index is 601. The van der Waals surface area contributed by atoms with E-state index in [1.165, 1.54) is 11.8 Å². The Morgan fingerprint density at radius 1 is 1.33 bits per heavy atom. The van der Waals surface area contributed by atoms with Crippen LogP contribution in [0.4, 0.5) is 0 Å². The molecule has 1 aromatic heterocycles. The number of thioether (sulfide) groups is 1. The van der Waals surface area contributed by atoms with Gasteiger partial charge in [-0.2, -0.15) is 0 Å². The topological polar surface area (TPSA) is 66.2 Å². The highest BCUT2D eigenvalue weighted by molar-refractivity contribution is 7.99. The van der Waals surface area contributed by atoms with Gasteiger partial charge in [-0.15, -0.1) is 10.2 Å². The first-order chi connectivity index (χ1) is 10.3. The van der Waals surface area contributed by atoms with Crippen molar-refractivity contribution < 1.29 is 14.3 Å². The average Bonchev–Trinajstić information content (AvgIpc) is 2.97. The summed E-state index contributed by atoms with van der Waals surface area (Å²) >= 11 is 1.35. The zero-order valence-corrected chi connectivity index (χ0v) is 12.8. The highest BCUT2D eigenvalue weighted by Crippen LogP contribution is 2.22. The van der Waals surface area contributed by atoms with Crippen LogP contribution in [0.1, 0.15) is 10.4 Å². The van der Waals surface area contributed by atoms with Gasteiger partial charge in [-0.05, 0) is 12.1 Å². The number of hydrogen-bond acceptors (Lipinski definition) is 6. The summed E-state index contributed by atoms with van der Waals surface area (Å²) in [5.41, 5.74) is 0.579. The molecule has 0 saturated heterocycles. The minimum atomic E-state index is -0.00117. The largest absolute Gasteiger partial charge is 0.496 e. The Labute approximate surface area is 127 Å². The number of rotatable bonds is 8. The van der Waals surface area contributed by atoms with E-state index in [1.54, 1.807) is 32.7 Å². The van der Waals surface area contributed by atoms with Gasteiger partial charge in [0, 0.05) is 13.7 Å². The predicted molar refractivity (Wildman–Crippen MR) is 79.9 cm³/mol. The summed E-state index contributed by atoms with van der Waals surface area (Å²) in [7, 11) is 3.20. The number of hydrogen-bond donors (Lipinski definition) is 0. The third-order valence-corrected chi connectivity index (χ3v) is 3.84. The SMILES string of the molecule is COCCn1cnnc1SCC(=O)c1ccccc1OC. The molecule has 0 N–H and O–H groups in total. The maximum Gasteiger partial charge on any atom is 0.191 e. The van der Waals surface area contributed by atoms with E-state index < -0.39 is 0 Å². The van der Waals surface area contributed by atoms with Crippen molar-refractivity contribution in [2.75, 3.05) is 26.6 Å². The summed E-state index contributed by atoms with van der Waals surface area (Å²) in [6.07, 6.45) is 1.63. The van der Waals surface area contributed by atoms with Gasteiger partial charge >= 0.3 is 0 Å². The highest BCUT2D eigenvalue weighted by atomic mass is 32.2. The second kappa shape index (κ2) is 7.80. The van der Waals surface area contributed by atoms with Gasteiger partial charge in [0.05, 0.1) is 25.0 Å². The summed E-state index contributed by atoms with van der Waals surface area (Å²) in [6.45, 7) is 1.24. The Morgan fingerprint density at radius 2 is 2.14 bits per heavy atom. The molecule has 0 aliphatic carbocycles. The molecule has 1 heterocycles.